The van der Waals surface area contributed by atoms with E-state index in [-0.39, 0.29) is 5.91 Å². The first-order chi connectivity index (χ1) is 15.6. The van der Waals surface area contributed by atoms with Crippen molar-refractivity contribution in [2.24, 2.45) is 0 Å². The van der Waals surface area contributed by atoms with Crippen LogP contribution in [0.3, 0.4) is 0 Å². The number of imidazole rings is 1. The molecular formula is C27H21N3O2. The Labute approximate surface area is 185 Å². The summed E-state index contributed by atoms with van der Waals surface area (Å²) in [6, 6.07) is 28.4. The van der Waals surface area contributed by atoms with Crippen LogP contribution in [0.1, 0.15) is 15.9 Å². The molecule has 32 heavy (non-hydrogen) atoms. The SMILES string of the molecule is Cc1ccn2cc(-c3cccc(NC(=O)c4ccc(Oc5ccccc5)cc4)c3)nc2c1. The summed E-state index contributed by atoms with van der Waals surface area (Å²) in [6.07, 6.45) is 3.99. The Morgan fingerprint density at radius 3 is 2.47 bits per heavy atom. The van der Waals surface area contributed by atoms with Crippen molar-refractivity contribution in [2.75, 3.05) is 5.32 Å². The van der Waals surface area contributed by atoms with E-state index in [4.69, 9.17) is 9.72 Å². The van der Waals surface area contributed by atoms with Gasteiger partial charge in [0.15, 0.2) is 0 Å². The van der Waals surface area contributed by atoms with E-state index in [2.05, 4.69) is 5.32 Å². The quantitative estimate of drug-likeness (QED) is 0.361. The highest BCUT2D eigenvalue weighted by atomic mass is 16.5. The zero-order chi connectivity index (χ0) is 21.9. The van der Waals surface area contributed by atoms with Gasteiger partial charge in [-0.05, 0) is 73.2 Å². The van der Waals surface area contributed by atoms with Gasteiger partial charge in [0.25, 0.3) is 5.91 Å². The number of aryl methyl sites for hydroxylation is 1. The van der Waals surface area contributed by atoms with Crippen molar-refractivity contribution in [3.63, 3.8) is 0 Å². The first-order valence-corrected chi connectivity index (χ1v) is 10.3. The zero-order valence-corrected chi connectivity index (χ0v) is 17.5. The standard InChI is InChI=1S/C27H21N3O2/c1-19-14-15-30-18-25(29-26(30)16-19)21-6-5-7-22(17-21)28-27(31)20-10-12-24(13-11-20)32-23-8-3-2-4-9-23/h2-18H,1H3,(H,28,31). The summed E-state index contributed by atoms with van der Waals surface area (Å²) in [5, 5.41) is 2.97. The summed E-state index contributed by atoms with van der Waals surface area (Å²) in [6.45, 7) is 2.05. The number of carbonyl (C=O) groups is 1. The molecule has 0 fully saturated rings. The summed E-state index contributed by atoms with van der Waals surface area (Å²) in [4.78, 5) is 17.4. The van der Waals surface area contributed by atoms with Crippen LogP contribution in [0.5, 0.6) is 11.5 Å². The van der Waals surface area contributed by atoms with Crippen LogP contribution in [-0.2, 0) is 0 Å². The molecule has 0 unspecified atom stereocenters. The molecule has 0 spiro atoms. The normalized spacial score (nSPS) is 10.8. The number of fused-ring (bicyclic) bond motifs is 1. The fourth-order valence-electron chi connectivity index (χ4n) is 3.48. The van der Waals surface area contributed by atoms with Crippen LogP contribution in [0.4, 0.5) is 5.69 Å². The maximum atomic E-state index is 12.7. The number of hydrogen-bond acceptors (Lipinski definition) is 3. The minimum atomic E-state index is -0.181. The highest BCUT2D eigenvalue weighted by Crippen LogP contribution is 2.24. The molecule has 2 heterocycles. The third-order valence-electron chi connectivity index (χ3n) is 5.13. The van der Waals surface area contributed by atoms with Crippen molar-refractivity contribution in [2.45, 2.75) is 6.92 Å². The van der Waals surface area contributed by atoms with Gasteiger partial charge in [-0.2, -0.15) is 0 Å². The van der Waals surface area contributed by atoms with Gasteiger partial charge >= 0.3 is 0 Å². The van der Waals surface area contributed by atoms with Gasteiger partial charge in [-0.25, -0.2) is 4.98 Å². The molecule has 5 rings (SSSR count). The largest absolute Gasteiger partial charge is 0.457 e. The lowest BCUT2D eigenvalue weighted by molar-refractivity contribution is 0.102. The van der Waals surface area contributed by atoms with E-state index < -0.39 is 0 Å². The molecule has 5 nitrogen and oxygen atoms in total. The van der Waals surface area contributed by atoms with Crippen LogP contribution >= 0.6 is 0 Å². The van der Waals surface area contributed by atoms with E-state index in [0.717, 1.165) is 28.2 Å². The minimum Gasteiger partial charge on any atom is -0.457 e. The molecule has 0 atom stereocenters. The smallest absolute Gasteiger partial charge is 0.255 e. The number of benzene rings is 3. The number of rotatable bonds is 5. The van der Waals surface area contributed by atoms with E-state index in [9.17, 15) is 4.79 Å². The molecule has 2 aromatic heterocycles. The number of aromatic nitrogens is 2. The summed E-state index contributed by atoms with van der Waals surface area (Å²) in [5.41, 5.74) is 5.12. The van der Waals surface area contributed by atoms with Crippen LogP contribution in [-0.4, -0.2) is 15.3 Å². The number of amides is 1. The number of carbonyl (C=O) groups excluding carboxylic acids is 1. The van der Waals surface area contributed by atoms with Crippen molar-refractivity contribution in [1.29, 1.82) is 0 Å². The Morgan fingerprint density at radius 1 is 0.875 bits per heavy atom. The molecule has 0 aliphatic heterocycles. The Morgan fingerprint density at radius 2 is 1.66 bits per heavy atom. The van der Waals surface area contributed by atoms with Gasteiger partial charge in [-0.3, -0.25) is 4.79 Å². The molecule has 1 amide bonds. The highest BCUT2D eigenvalue weighted by molar-refractivity contribution is 6.04. The second kappa shape index (κ2) is 8.40. The minimum absolute atomic E-state index is 0.181. The molecule has 5 aromatic rings. The maximum Gasteiger partial charge on any atom is 0.255 e. The van der Waals surface area contributed by atoms with Gasteiger partial charge in [-0.15, -0.1) is 0 Å². The van der Waals surface area contributed by atoms with E-state index in [1.165, 1.54) is 0 Å². The average molecular weight is 419 g/mol. The second-order valence-electron chi connectivity index (χ2n) is 7.57. The van der Waals surface area contributed by atoms with Crippen LogP contribution in [0.15, 0.2) is 103 Å². The van der Waals surface area contributed by atoms with Gasteiger partial charge in [0.2, 0.25) is 0 Å². The monoisotopic (exact) mass is 419 g/mol. The summed E-state index contributed by atoms with van der Waals surface area (Å²) in [7, 11) is 0. The average Bonchev–Trinajstić information content (AvgIpc) is 3.24. The van der Waals surface area contributed by atoms with Crippen LogP contribution in [0, 0.1) is 6.92 Å². The van der Waals surface area contributed by atoms with Crippen LogP contribution in [0.25, 0.3) is 16.9 Å². The molecule has 0 bridgehead atoms. The van der Waals surface area contributed by atoms with Crippen LogP contribution < -0.4 is 10.1 Å². The summed E-state index contributed by atoms with van der Waals surface area (Å²) in [5.74, 6) is 1.25. The molecule has 0 saturated heterocycles. The Bertz CT molecular complexity index is 1390. The predicted molar refractivity (Wildman–Crippen MR) is 126 cm³/mol. The van der Waals surface area contributed by atoms with Gasteiger partial charge < -0.3 is 14.5 Å². The molecule has 156 valence electrons. The number of anilines is 1. The Hall–Kier alpha value is -4.38. The van der Waals surface area contributed by atoms with Crippen LogP contribution in [0.2, 0.25) is 0 Å². The van der Waals surface area contributed by atoms with Crippen molar-refractivity contribution in [1.82, 2.24) is 9.38 Å². The van der Waals surface area contributed by atoms with Crippen molar-refractivity contribution < 1.29 is 9.53 Å². The van der Waals surface area contributed by atoms with Crippen molar-refractivity contribution in [3.8, 4) is 22.8 Å². The molecule has 0 aliphatic carbocycles. The molecular weight excluding hydrogens is 398 g/mol. The lowest BCUT2D eigenvalue weighted by Crippen LogP contribution is -2.11. The number of ether oxygens (including phenoxy) is 1. The topological polar surface area (TPSA) is 55.6 Å². The first kappa shape index (κ1) is 19.6. The summed E-state index contributed by atoms with van der Waals surface area (Å²) < 4.78 is 7.78. The fraction of sp³-hybridized carbons (Fsp3) is 0.0370. The van der Waals surface area contributed by atoms with Gasteiger partial charge in [0, 0.05) is 29.2 Å². The van der Waals surface area contributed by atoms with Crippen molar-refractivity contribution >= 4 is 17.2 Å². The maximum absolute atomic E-state index is 12.7. The first-order valence-electron chi connectivity index (χ1n) is 10.3. The van der Waals surface area contributed by atoms with Gasteiger partial charge in [0.05, 0.1) is 5.69 Å². The third kappa shape index (κ3) is 4.23. The Kier molecular flexibility index (Phi) is 5.14. The number of nitrogens with one attached hydrogen (secondary N) is 1. The number of hydrogen-bond donors (Lipinski definition) is 1. The Balaban J connectivity index is 1.31. The highest BCUT2D eigenvalue weighted by Gasteiger charge is 2.09. The molecule has 3 aromatic carbocycles. The zero-order valence-electron chi connectivity index (χ0n) is 17.5. The molecule has 5 heteroatoms. The number of para-hydroxylation sites is 1. The molecule has 1 N–H and O–H groups in total. The van der Waals surface area contributed by atoms with E-state index >= 15 is 0 Å². The second-order valence-corrected chi connectivity index (χ2v) is 7.57. The van der Waals surface area contributed by atoms with E-state index in [1.54, 1.807) is 24.3 Å². The van der Waals surface area contributed by atoms with Gasteiger partial charge in [0.1, 0.15) is 17.1 Å². The lowest BCUT2D eigenvalue weighted by atomic mass is 10.1. The number of nitrogens with zero attached hydrogens (tertiary/aromatic N) is 2. The number of pyridine rings is 1. The van der Waals surface area contributed by atoms with Gasteiger partial charge in [-0.1, -0.05) is 30.3 Å². The lowest BCUT2D eigenvalue weighted by Gasteiger charge is -2.08. The predicted octanol–water partition coefficient (Wildman–Crippen LogP) is 6.35. The van der Waals surface area contributed by atoms with Crippen molar-refractivity contribution in [3.05, 3.63) is 115 Å². The fourth-order valence-corrected chi connectivity index (χ4v) is 3.48. The molecule has 0 aliphatic rings. The van der Waals surface area contributed by atoms with E-state index in [1.807, 2.05) is 90.4 Å². The molecule has 0 radical (unpaired) electrons. The summed E-state index contributed by atoms with van der Waals surface area (Å²) >= 11 is 0. The third-order valence-corrected chi connectivity index (χ3v) is 5.13. The van der Waals surface area contributed by atoms with E-state index in [0.29, 0.717) is 17.0 Å². The molecule has 0 saturated carbocycles.